The van der Waals surface area contributed by atoms with Gasteiger partial charge in [-0.05, 0) is 19.1 Å². The molecular formula is C16H21N7O2. The maximum Gasteiger partial charge on any atom is 0.254 e. The first-order valence-corrected chi connectivity index (χ1v) is 8.09. The summed E-state index contributed by atoms with van der Waals surface area (Å²) in [5.41, 5.74) is 0.515. The fraction of sp³-hybridized carbons (Fsp3) is 0.438. The van der Waals surface area contributed by atoms with Crippen LogP contribution in [0.3, 0.4) is 0 Å². The van der Waals surface area contributed by atoms with E-state index in [0.717, 1.165) is 11.8 Å². The number of carbonyl (C=O) groups excluding carboxylic acids is 2. The van der Waals surface area contributed by atoms with Crippen molar-refractivity contribution in [2.24, 2.45) is 7.05 Å². The number of aryl methyl sites for hydroxylation is 1. The van der Waals surface area contributed by atoms with Gasteiger partial charge in [0.25, 0.3) is 5.91 Å². The lowest BCUT2D eigenvalue weighted by Crippen LogP contribution is -2.49. The van der Waals surface area contributed by atoms with Crippen LogP contribution in [-0.4, -0.2) is 62.6 Å². The van der Waals surface area contributed by atoms with Gasteiger partial charge in [0.05, 0.1) is 0 Å². The minimum absolute atomic E-state index is 0.0669. The topological polar surface area (TPSA) is 96.3 Å². The molecule has 0 aliphatic carbocycles. The fourth-order valence-electron chi connectivity index (χ4n) is 2.78. The summed E-state index contributed by atoms with van der Waals surface area (Å²) in [5, 5.41) is 10.9. The average molecular weight is 343 g/mol. The normalized spacial score (nSPS) is 14.5. The molecule has 0 aromatic carbocycles. The molecule has 0 unspecified atom stereocenters. The average Bonchev–Trinajstić information content (AvgIpc) is 2.93. The molecule has 0 radical (unpaired) electrons. The van der Waals surface area contributed by atoms with Crippen LogP contribution in [-0.2, 0) is 11.8 Å². The molecule has 9 heteroatoms. The molecule has 2 amide bonds. The van der Waals surface area contributed by atoms with E-state index in [2.05, 4.69) is 25.4 Å². The molecule has 9 nitrogen and oxygen atoms in total. The third-order valence-electron chi connectivity index (χ3n) is 4.23. The number of hydrogen-bond acceptors (Lipinski definition) is 6. The van der Waals surface area contributed by atoms with Gasteiger partial charge in [0.2, 0.25) is 11.9 Å². The maximum absolute atomic E-state index is 12.7. The molecule has 2 aromatic rings. The van der Waals surface area contributed by atoms with Gasteiger partial charge in [0.1, 0.15) is 11.6 Å². The van der Waals surface area contributed by atoms with Crippen molar-refractivity contribution in [3.8, 4) is 0 Å². The van der Waals surface area contributed by atoms with Gasteiger partial charge in [0.15, 0.2) is 0 Å². The first-order valence-electron chi connectivity index (χ1n) is 8.09. The molecule has 25 heavy (non-hydrogen) atoms. The second-order valence-corrected chi connectivity index (χ2v) is 6.00. The summed E-state index contributed by atoms with van der Waals surface area (Å²) in [4.78, 5) is 31.8. The highest BCUT2D eigenvalue weighted by Gasteiger charge is 2.25. The molecule has 1 saturated heterocycles. The van der Waals surface area contributed by atoms with Crippen molar-refractivity contribution in [1.82, 2.24) is 24.6 Å². The van der Waals surface area contributed by atoms with Gasteiger partial charge >= 0.3 is 0 Å². The van der Waals surface area contributed by atoms with Gasteiger partial charge in [-0.3, -0.25) is 9.59 Å². The van der Waals surface area contributed by atoms with Crippen molar-refractivity contribution >= 4 is 23.6 Å². The Morgan fingerprint density at radius 3 is 2.48 bits per heavy atom. The van der Waals surface area contributed by atoms with Crippen molar-refractivity contribution in [2.45, 2.75) is 13.8 Å². The van der Waals surface area contributed by atoms with Crippen molar-refractivity contribution in [3.63, 3.8) is 0 Å². The predicted molar refractivity (Wildman–Crippen MR) is 92.4 cm³/mol. The van der Waals surface area contributed by atoms with Crippen LogP contribution in [0.5, 0.6) is 0 Å². The molecule has 1 N–H and O–H groups in total. The molecule has 0 spiro atoms. The van der Waals surface area contributed by atoms with Crippen molar-refractivity contribution in [1.29, 1.82) is 0 Å². The van der Waals surface area contributed by atoms with Crippen LogP contribution in [0.25, 0.3) is 0 Å². The van der Waals surface area contributed by atoms with E-state index in [1.165, 1.54) is 13.1 Å². The van der Waals surface area contributed by atoms with E-state index in [1.54, 1.807) is 17.0 Å². The molecule has 3 heterocycles. The van der Waals surface area contributed by atoms with Gasteiger partial charge < -0.3 is 19.7 Å². The molecule has 1 aliphatic rings. The molecule has 1 aliphatic heterocycles. The molecule has 0 saturated carbocycles. The number of nitrogens with one attached hydrogen (secondary N) is 1. The number of hydrogen-bond donors (Lipinski definition) is 1. The second-order valence-electron chi connectivity index (χ2n) is 6.00. The standard InChI is InChI=1S/C16H21N7O2/c1-11-19-20-16(21(11)3)23-8-6-22(7-9-23)15(25)13-4-5-17-14(10-13)18-12(2)24/h4-5,10H,6-9H2,1-3H3,(H,17,18,24). The SMILES string of the molecule is CC(=O)Nc1cc(C(=O)N2CCN(c3nnc(C)n3C)CC2)ccn1. The lowest BCUT2D eigenvalue weighted by Gasteiger charge is -2.35. The third-order valence-corrected chi connectivity index (χ3v) is 4.23. The van der Waals surface area contributed by atoms with Crippen LogP contribution in [0.2, 0.25) is 0 Å². The van der Waals surface area contributed by atoms with Crippen LogP contribution in [0.15, 0.2) is 18.3 Å². The number of carbonyl (C=O) groups is 2. The van der Waals surface area contributed by atoms with Gasteiger partial charge in [-0.1, -0.05) is 0 Å². The number of anilines is 2. The van der Waals surface area contributed by atoms with E-state index in [-0.39, 0.29) is 11.8 Å². The van der Waals surface area contributed by atoms with Crippen molar-refractivity contribution in [3.05, 3.63) is 29.7 Å². The molecule has 0 atom stereocenters. The first kappa shape index (κ1) is 16.9. The number of nitrogens with zero attached hydrogens (tertiary/aromatic N) is 6. The highest BCUT2D eigenvalue weighted by molar-refractivity contribution is 5.96. The quantitative estimate of drug-likeness (QED) is 0.869. The van der Waals surface area contributed by atoms with Gasteiger partial charge in [-0.25, -0.2) is 4.98 Å². The minimum Gasteiger partial charge on any atom is -0.337 e. The fourth-order valence-corrected chi connectivity index (χ4v) is 2.78. The molecule has 132 valence electrons. The zero-order valence-corrected chi connectivity index (χ0v) is 14.6. The van der Waals surface area contributed by atoms with Gasteiger partial charge in [-0.2, -0.15) is 0 Å². The first-order chi connectivity index (χ1) is 12.0. The van der Waals surface area contributed by atoms with Crippen LogP contribution >= 0.6 is 0 Å². The largest absolute Gasteiger partial charge is 0.337 e. The number of pyridine rings is 1. The Kier molecular flexibility index (Phi) is 4.64. The number of piperazine rings is 1. The summed E-state index contributed by atoms with van der Waals surface area (Å²) >= 11 is 0. The van der Waals surface area contributed by atoms with E-state index < -0.39 is 0 Å². The van der Waals surface area contributed by atoms with Crippen molar-refractivity contribution in [2.75, 3.05) is 36.4 Å². The molecule has 3 rings (SSSR count). The predicted octanol–water partition coefficient (Wildman–Crippen LogP) is 0.439. The van der Waals surface area contributed by atoms with E-state index in [1.807, 2.05) is 18.5 Å². The smallest absolute Gasteiger partial charge is 0.254 e. The monoisotopic (exact) mass is 343 g/mol. The Hall–Kier alpha value is -2.97. The Morgan fingerprint density at radius 2 is 1.88 bits per heavy atom. The summed E-state index contributed by atoms with van der Waals surface area (Å²) in [5.74, 6) is 1.77. The van der Waals surface area contributed by atoms with E-state index in [0.29, 0.717) is 37.6 Å². The zero-order chi connectivity index (χ0) is 18.0. The molecule has 1 fully saturated rings. The lowest BCUT2D eigenvalue weighted by molar-refractivity contribution is -0.114. The summed E-state index contributed by atoms with van der Waals surface area (Å²) in [6.45, 7) is 5.91. The van der Waals surface area contributed by atoms with Crippen LogP contribution in [0.4, 0.5) is 11.8 Å². The van der Waals surface area contributed by atoms with E-state index in [9.17, 15) is 9.59 Å². The van der Waals surface area contributed by atoms with E-state index >= 15 is 0 Å². The number of aromatic nitrogens is 4. The Balaban J connectivity index is 1.65. The molecule has 0 bridgehead atoms. The molecule has 2 aromatic heterocycles. The van der Waals surface area contributed by atoms with Gasteiger partial charge in [-0.15, -0.1) is 10.2 Å². The van der Waals surface area contributed by atoms with Crippen LogP contribution in [0.1, 0.15) is 23.1 Å². The van der Waals surface area contributed by atoms with Crippen LogP contribution in [0, 0.1) is 6.92 Å². The summed E-state index contributed by atoms with van der Waals surface area (Å²) in [6, 6.07) is 3.26. The Morgan fingerprint density at radius 1 is 1.16 bits per heavy atom. The second kappa shape index (κ2) is 6.88. The van der Waals surface area contributed by atoms with E-state index in [4.69, 9.17) is 0 Å². The zero-order valence-electron chi connectivity index (χ0n) is 14.6. The Labute approximate surface area is 145 Å². The highest BCUT2D eigenvalue weighted by atomic mass is 16.2. The minimum atomic E-state index is -0.218. The molecular weight excluding hydrogens is 322 g/mol. The van der Waals surface area contributed by atoms with Gasteiger partial charge in [0, 0.05) is 51.9 Å². The lowest BCUT2D eigenvalue weighted by atomic mass is 10.2. The Bertz CT molecular complexity index is 794. The summed E-state index contributed by atoms with van der Waals surface area (Å²) < 4.78 is 1.94. The summed E-state index contributed by atoms with van der Waals surface area (Å²) in [7, 11) is 1.93. The van der Waals surface area contributed by atoms with Crippen molar-refractivity contribution < 1.29 is 9.59 Å². The highest BCUT2D eigenvalue weighted by Crippen LogP contribution is 2.16. The maximum atomic E-state index is 12.7. The summed E-state index contributed by atoms with van der Waals surface area (Å²) in [6.07, 6.45) is 1.52. The third kappa shape index (κ3) is 3.59. The number of amides is 2. The number of rotatable bonds is 3. The van der Waals surface area contributed by atoms with Crippen LogP contribution < -0.4 is 10.2 Å².